The maximum absolute atomic E-state index is 12.5. The van der Waals surface area contributed by atoms with Crippen LogP contribution in [0.1, 0.15) is 33.9 Å². The van der Waals surface area contributed by atoms with Gasteiger partial charge >= 0.3 is 0 Å². The molecule has 126 valence electrons. The van der Waals surface area contributed by atoms with Crippen molar-refractivity contribution in [3.05, 3.63) is 63.1 Å². The predicted molar refractivity (Wildman–Crippen MR) is 92.8 cm³/mol. The van der Waals surface area contributed by atoms with E-state index in [1.165, 1.54) is 11.6 Å². The van der Waals surface area contributed by atoms with Gasteiger partial charge in [-0.05, 0) is 36.1 Å². The van der Waals surface area contributed by atoms with Crippen LogP contribution in [0.5, 0.6) is 0 Å². The summed E-state index contributed by atoms with van der Waals surface area (Å²) in [6.45, 7) is 0. The van der Waals surface area contributed by atoms with Crippen molar-refractivity contribution in [1.82, 2.24) is 5.32 Å². The highest BCUT2D eigenvalue weighted by Crippen LogP contribution is 2.32. The number of nitrogens with two attached hydrogens (primary N) is 1. The first-order valence-corrected chi connectivity index (χ1v) is 9.48. The number of sulfonamides is 1. The van der Waals surface area contributed by atoms with Crippen molar-refractivity contribution < 1.29 is 13.2 Å². The number of hydrogen-bond donors (Lipinski definition) is 2. The molecule has 1 aliphatic rings. The number of amides is 1. The summed E-state index contributed by atoms with van der Waals surface area (Å²) < 4.78 is 23.1. The van der Waals surface area contributed by atoms with Crippen molar-refractivity contribution in [3.63, 3.8) is 0 Å². The van der Waals surface area contributed by atoms with Crippen LogP contribution < -0.4 is 10.5 Å². The highest BCUT2D eigenvalue weighted by Gasteiger charge is 2.26. The van der Waals surface area contributed by atoms with Crippen molar-refractivity contribution in [2.75, 3.05) is 0 Å². The first-order valence-electron chi connectivity index (χ1n) is 7.18. The summed E-state index contributed by atoms with van der Waals surface area (Å²) in [6, 6.07) is 10.0. The second-order valence-corrected chi connectivity index (χ2v) is 7.92. The molecule has 1 unspecified atom stereocenters. The molecule has 0 fully saturated rings. The number of nitrogens with one attached hydrogen (secondary N) is 1. The molecule has 0 saturated heterocycles. The maximum Gasteiger partial charge on any atom is 0.253 e. The van der Waals surface area contributed by atoms with Crippen molar-refractivity contribution >= 4 is 39.1 Å². The van der Waals surface area contributed by atoms with Gasteiger partial charge in [0.2, 0.25) is 10.0 Å². The summed E-state index contributed by atoms with van der Waals surface area (Å²) in [5.74, 6) is -0.469. The summed E-state index contributed by atoms with van der Waals surface area (Å²) >= 11 is 11.9. The lowest BCUT2D eigenvalue weighted by Gasteiger charge is -2.15. The third kappa shape index (κ3) is 3.28. The van der Waals surface area contributed by atoms with E-state index >= 15 is 0 Å². The molecule has 24 heavy (non-hydrogen) atoms. The topological polar surface area (TPSA) is 89.3 Å². The van der Waals surface area contributed by atoms with Crippen LogP contribution in [0, 0.1) is 0 Å². The van der Waals surface area contributed by atoms with E-state index < -0.39 is 15.9 Å². The van der Waals surface area contributed by atoms with Crippen molar-refractivity contribution in [2.45, 2.75) is 23.8 Å². The van der Waals surface area contributed by atoms with E-state index in [1.807, 2.05) is 24.3 Å². The fourth-order valence-electron chi connectivity index (χ4n) is 2.86. The number of aryl methyl sites for hydroxylation is 1. The van der Waals surface area contributed by atoms with Gasteiger partial charge in [0.25, 0.3) is 5.91 Å². The number of carbonyl (C=O) groups is 1. The van der Waals surface area contributed by atoms with Gasteiger partial charge in [0.1, 0.15) is 4.90 Å². The van der Waals surface area contributed by atoms with Gasteiger partial charge in [-0.25, -0.2) is 13.6 Å². The Morgan fingerprint density at radius 1 is 1.17 bits per heavy atom. The fraction of sp³-hybridized carbons (Fsp3) is 0.188. The molecule has 0 radical (unpaired) electrons. The molecule has 0 heterocycles. The number of primary sulfonamides is 1. The zero-order valence-corrected chi connectivity index (χ0v) is 14.8. The van der Waals surface area contributed by atoms with Gasteiger partial charge in [0.15, 0.2) is 0 Å². The predicted octanol–water partition coefficient (Wildman–Crippen LogP) is 3.06. The molecule has 0 bridgehead atoms. The molecule has 0 spiro atoms. The third-order valence-corrected chi connectivity index (χ3v) is 5.70. The lowest BCUT2D eigenvalue weighted by molar-refractivity contribution is 0.0936. The Kier molecular flexibility index (Phi) is 4.57. The number of fused-ring (bicyclic) bond motifs is 1. The van der Waals surface area contributed by atoms with Crippen LogP contribution >= 0.6 is 23.2 Å². The van der Waals surface area contributed by atoms with Gasteiger partial charge in [-0.1, -0.05) is 47.5 Å². The molecule has 3 rings (SSSR count). The largest absolute Gasteiger partial charge is 0.345 e. The molecular weight excluding hydrogens is 371 g/mol. The second kappa shape index (κ2) is 6.37. The zero-order valence-electron chi connectivity index (χ0n) is 12.4. The van der Waals surface area contributed by atoms with Crippen LogP contribution in [0.2, 0.25) is 10.0 Å². The molecule has 2 aromatic carbocycles. The average molecular weight is 385 g/mol. The monoisotopic (exact) mass is 384 g/mol. The number of carbonyl (C=O) groups excluding carboxylic acids is 1. The molecule has 8 heteroatoms. The van der Waals surface area contributed by atoms with E-state index in [0.29, 0.717) is 0 Å². The van der Waals surface area contributed by atoms with Crippen LogP contribution in [-0.4, -0.2) is 14.3 Å². The number of benzene rings is 2. The smallest absolute Gasteiger partial charge is 0.253 e. The van der Waals surface area contributed by atoms with E-state index in [9.17, 15) is 13.2 Å². The van der Waals surface area contributed by atoms with Crippen LogP contribution in [0.15, 0.2) is 41.3 Å². The van der Waals surface area contributed by atoms with Crippen LogP contribution in [0.3, 0.4) is 0 Å². The zero-order chi connectivity index (χ0) is 17.5. The third-order valence-electron chi connectivity index (χ3n) is 4.01. The Balaban J connectivity index is 1.92. The van der Waals surface area contributed by atoms with E-state index in [-0.39, 0.29) is 26.5 Å². The quantitative estimate of drug-likeness (QED) is 0.851. The molecule has 5 nitrogen and oxygen atoms in total. The van der Waals surface area contributed by atoms with E-state index in [2.05, 4.69) is 5.32 Å². The minimum Gasteiger partial charge on any atom is -0.345 e. The summed E-state index contributed by atoms with van der Waals surface area (Å²) in [5, 5.41) is 7.95. The van der Waals surface area contributed by atoms with Crippen molar-refractivity contribution in [2.24, 2.45) is 5.14 Å². The Morgan fingerprint density at radius 3 is 2.58 bits per heavy atom. The number of rotatable bonds is 3. The lowest BCUT2D eigenvalue weighted by Crippen LogP contribution is -2.27. The maximum atomic E-state index is 12.5. The van der Waals surface area contributed by atoms with Gasteiger partial charge < -0.3 is 5.32 Å². The highest BCUT2D eigenvalue weighted by molar-refractivity contribution is 7.89. The van der Waals surface area contributed by atoms with Gasteiger partial charge in [-0.3, -0.25) is 4.79 Å². The molecule has 1 atom stereocenters. The summed E-state index contributed by atoms with van der Waals surface area (Å²) in [6.07, 6.45) is 1.65. The normalized spacial score (nSPS) is 16.7. The summed E-state index contributed by atoms with van der Waals surface area (Å²) in [7, 11) is -4.05. The molecule has 2 aromatic rings. The van der Waals surface area contributed by atoms with E-state index in [0.717, 1.165) is 24.5 Å². The fourth-order valence-corrected chi connectivity index (χ4v) is 4.27. The second-order valence-electron chi connectivity index (χ2n) is 5.57. The van der Waals surface area contributed by atoms with Gasteiger partial charge in [-0.15, -0.1) is 0 Å². The van der Waals surface area contributed by atoms with Gasteiger partial charge in [0, 0.05) is 0 Å². The first-order chi connectivity index (χ1) is 11.3. The molecule has 3 N–H and O–H groups in total. The van der Waals surface area contributed by atoms with Crippen molar-refractivity contribution in [3.8, 4) is 0 Å². The van der Waals surface area contributed by atoms with Crippen LogP contribution in [-0.2, 0) is 16.4 Å². The van der Waals surface area contributed by atoms with E-state index in [4.69, 9.17) is 28.3 Å². The van der Waals surface area contributed by atoms with Crippen molar-refractivity contribution in [1.29, 1.82) is 0 Å². The molecule has 0 aromatic heterocycles. The van der Waals surface area contributed by atoms with Crippen LogP contribution in [0.25, 0.3) is 0 Å². The standard InChI is InChI=1S/C16H14Cl2N2O3S/c17-12-8-13(18)15(24(19,22)23)7-11(12)16(21)20-14-6-5-9-3-1-2-4-10(9)14/h1-4,7-8,14H,5-6H2,(H,20,21)(H2,19,22,23). The molecular formula is C16H14Cl2N2O3S. The highest BCUT2D eigenvalue weighted by atomic mass is 35.5. The number of hydrogen-bond acceptors (Lipinski definition) is 3. The SMILES string of the molecule is NS(=O)(=O)c1cc(C(=O)NC2CCc3ccccc32)c(Cl)cc1Cl. The van der Waals surface area contributed by atoms with E-state index in [1.54, 1.807) is 0 Å². The Labute approximate surface area is 149 Å². The number of halogens is 2. The Morgan fingerprint density at radius 2 is 1.88 bits per heavy atom. The Bertz CT molecular complexity index is 929. The minimum atomic E-state index is -4.05. The molecule has 1 aliphatic carbocycles. The molecule has 1 amide bonds. The lowest BCUT2D eigenvalue weighted by atomic mass is 10.1. The molecule has 0 saturated carbocycles. The minimum absolute atomic E-state index is 0.0227. The summed E-state index contributed by atoms with van der Waals surface area (Å²) in [4.78, 5) is 12.2. The van der Waals surface area contributed by atoms with Gasteiger partial charge in [0.05, 0.1) is 21.7 Å². The average Bonchev–Trinajstić information content (AvgIpc) is 2.89. The summed E-state index contributed by atoms with van der Waals surface area (Å²) in [5.41, 5.74) is 2.27. The van der Waals surface area contributed by atoms with Crippen LogP contribution in [0.4, 0.5) is 0 Å². The Hall–Kier alpha value is -1.60. The van der Waals surface area contributed by atoms with Gasteiger partial charge in [-0.2, -0.15) is 0 Å². The first kappa shape index (κ1) is 17.2. The molecule has 0 aliphatic heterocycles.